The summed E-state index contributed by atoms with van der Waals surface area (Å²) in [6.07, 6.45) is 0. The first-order chi connectivity index (χ1) is 14.5. The fraction of sp³-hybridized carbons (Fsp3) is 0.167. The molecule has 0 radical (unpaired) electrons. The molecule has 0 heterocycles. The van der Waals surface area contributed by atoms with E-state index >= 15 is 0 Å². The second kappa shape index (κ2) is 10.6. The Morgan fingerprint density at radius 1 is 0.933 bits per heavy atom. The highest BCUT2D eigenvalue weighted by atomic mass is 35.5. The van der Waals surface area contributed by atoms with Crippen LogP contribution < -0.4 is 16.0 Å². The lowest BCUT2D eigenvalue weighted by atomic mass is 10.1. The first-order valence-corrected chi connectivity index (χ1v) is 10.1. The molecule has 1 unspecified atom stereocenters. The van der Waals surface area contributed by atoms with E-state index in [1.165, 1.54) is 0 Å². The lowest BCUT2D eigenvalue weighted by molar-refractivity contribution is -0.115. The van der Waals surface area contributed by atoms with E-state index in [0.29, 0.717) is 22.8 Å². The van der Waals surface area contributed by atoms with Gasteiger partial charge in [-0.25, -0.2) is 0 Å². The Labute approximate surface area is 181 Å². The summed E-state index contributed by atoms with van der Waals surface area (Å²) in [4.78, 5) is 24.8. The number of hydrogen-bond acceptors (Lipinski definition) is 3. The van der Waals surface area contributed by atoms with E-state index in [1.807, 2.05) is 61.5 Å². The average molecular weight is 422 g/mol. The number of rotatable bonds is 8. The summed E-state index contributed by atoms with van der Waals surface area (Å²) < 4.78 is 0. The Morgan fingerprint density at radius 3 is 2.43 bits per heavy atom. The first kappa shape index (κ1) is 21.6. The van der Waals surface area contributed by atoms with Crippen LogP contribution in [0.4, 0.5) is 5.69 Å². The van der Waals surface area contributed by atoms with Crippen LogP contribution in [0.5, 0.6) is 0 Å². The molecule has 0 saturated heterocycles. The largest absolute Gasteiger partial charge is 0.346 e. The van der Waals surface area contributed by atoms with Crippen molar-refractivity contribution >= 4 is 29.1 Å². The first-order valence-electron chi connectivity index (χ1n) is 9.73. The molecule has 0 aliphatic carbocycles. The number of amides is 2. The summed E-state index contributed by atoms with van der Waals surface area (Å²) in [6.45, 7) is 2.56. The van der Waals surface area contributed by atoms with Crippen molar-refractivity contribution in [3.05, 3.63) is 101 Å². The summed E-state index contributed by atoms with van der Waals surface area (Å²) >= 11 is 6.11. The van der Waals surface area contributed by atoms with Crippen molar-refractivity contribution in [3.8, 4) is 0 Å². The van der Waals surface area contributed by atoms with E-state index in [2.05, 4.69) is 16.0 Å². The van der Waals surface area contributed by atoms with Gasteiger partial charge >= 0.3 is 0 Å². The van der Waals surface area contributed by atoms with E-state index in [9.17, 15) is 9.59 Å². The van der Waals surface area contributed by atoms with Crippen LogP contribution >= 0.6 is 11.6 Å². The van der Waals surface area contributed by atoms with Crippen molar-refractivity contribution in [2.24, 2.45) is 0 Å². The highest BCUT2D eigenvalue weighted by Gasteiger charge is 2.12. The van der Waals surface area contributed by atoms with Crippen LogP contribution in [-0.4, -0.2) is 18.4 Å². The zero-order valence-electron chi connectivity index (χ0n) is 16.7. The number of hydrogen-bond donors (Lipinski definition) is 3. The molecule has 0 spiro atoms. The van der Waals surface area contributed by atoms with Gasteiger partial charge in [-0.15, -0.1) is 0 Å². The molecule has 6 heteroatoms. The molecule has 3 rings (SSSR count). The van der Waals surface area contributed by atoms with Crippen LogP contribution in [-0.2, 0) is 11.3 Å². The third kappa shape index (κ3) is 6.17. The van der Waals surface area contributed by atoms with Gasteiger partial charge in [0.25, 0.3) is 5.91 Å². The zero-order chi connectivity index (χ0) is 21.3. The summed E-state index contributed by atoms with van der Waals surface area (Å²) in [5.41, 5.74) is 3.01. The Hall–Kier alpha value is -3.15. The maximum absolute atomic E-state index is 12.6. The lowest BCUT2D eigenvalue weighted by Gasteiger charge is -2.15. The summed E-state index contributed by atoms with van der Waals surface area (Å²) in [5.74, 6) is -0.392. The number of benzene rings is 3. The summed E-state index contributed by atoms with van der Waals surface area (Å²) in [6, 6.07) is 24.0. The van der Waals surface area contributed by atoms with Crippen LogP contribution in [0.25, 0.3) is 0 Å². The van der Waals surface area contributed by atoms with Gasteiger partial charge in [0.1, 0.15) is 0 Å². The van der Waals surface area contributed by atoms with Crippen molar-refractivity contribution in [1.82, 2.24) is 10.6 Å². The van der Waals surface area contributed by atoms with Crippen molar-refractivity contribution in [3.63, 3.8) is 0 Å². The number of anilines is 1. The van der Waals surface area contributed by atoms with Crippen LogP contribution in [0, 0.1) is 0 Å². The highest BCUT2D eigenvalue weighted by molar-refractivity contribution is 6.31. The van der Waals surface area contributed by atoms with Gasteiger partial charge in [0.2, 0.25) is 5.91 Å². The molecule has 1 atom stereocenters. The van der Waals surface area contributed by atoms with Gasteiger partial charge in [-0.3, -0.25) is 9.59 Å². The third-order valence-electron chi connectivity index (χ3n) is 4.61. The molecule has 0 saturated carbocycles. The molecule has 2 amide bonds. The van der Waals surface area contributed by atoms with E-state index in [0.717, 1.165) is 11.1 Å². The van der Waals surface area contributed by atoms with Crippen molar-refractivity contribution < 1.29 is 9.59 Å². The molecule has 0 aromatic heterocycles. The van der Waals surface area contributed by atoms with Crippen LogP contribution in [0.15, 0.2) is 78.9 Å². The number of halogens is 1. The van der Waals surface area contributed by atoms with Gasteiger partial charge in [0, 0.05) is 22.8 Å². The SMILES string of the molecule is CC(NC(=O)c1cccc(NC(=O)CNCc2ccccc2Cl)c1)c1ccccc1. The van der Waals surface area contributed by atoms with Crippen molar-refractivity contribution in [2.45, 2.75) is 19.5 Å². The Balaban J connectivity index is 1.52. The number of carbonyl (C=O) groups is 2. The van der Waals surface area contributed by atoms with Crippen LogP contribution in [0.3, 0.4) is 0 Å². The molecule has 0 aliphatic rings. The molecule has 0 bridgehead atoms. The molecule has 3 N–H and O–H groups in total. The van der Waals surface area contributed by atoms with Crippen LogP contribution in [0.2, 0.25) is 5.02 Å². The molecule has 5 nitrogen and oxygen atoms in total. The molecule has 3 aromatic rings. The predicted molar refractivity (Wildman–Crippen MR) is 121 cm³/mol. The second-order valence-corrected chi connectivity index (χ2v) is 7.34. The van der Waals surface area contributed by atoms with E-state index in [4.69, 9.17) is 11.6 Å². The van der Waals surface area contributed by atoms with Gasteiger partial charge < -0.3 is 16.0 Å². The zero-order valence-corrected chi connectivity index (χ0v) is 17.4. The summed E-state index contributed by atoms with van der Waals surface area (Å²) in [7, 11) is 0. The van der Waals surface area contributed by atoms with Crippen molar-refractivity contribution in [1.29, 1.82) is 0 Å². The van der Waals surface area contributed by atoms with Gasteiger partial charge in [-0.1, -0.05) is 66.2 Å². The maximum Gasteiger partial charge on any atom is 0.251 e. The molecule has 154 valence electrons. The molecule has 30 heavy (non-hydrogen) atoms. The van der Waals surface area contributed by atoms with Gasteiger partial charge in [-0.05, 0) is 42.3 Å². The lowest BCUT2D eigenvalue weighted by Crippen LogP contribution is -2.28. The van der Waals surface area contributed by atoms with E-state index in [-0.39, 0.29) is 24.4 Å². The smallest absolute Gasteiger partial charge is 0.251 e. The monoisotopic (exact) mass is 421 g/mol. The topological polar surface area (TPSA) is 70.2 Å². The quantitative estimate of drug-likeness (QED) is 0.499. The number of nitrogens with one attached hydrogen (secondary N) is 3. The Kier molecular flexibility index (Phi) is 7.60. The molecule has 0 aliphatic heterocycles. The molecular weight excluding hydrogens is 398 g/mol. The molecular formula is C24H24ClN3O2. The number of carbonyl (C=O) groups excluding carboxylic acids is 2. The minimum atomic E-state index is -0.197. The fourth-order valence-corrected chi connectivity index (χ4v) is 3.20. The normalized spacial score (nSPS) is 11.5. The van der Waals surface area contributed by atoms with Gasteiger partial charge in [0.05, 0.1) is 12.6 Å². The van der Waals surface area contributed by atoms with Gasteiger partial charge in [0.15, 0.2) is 0 Å². The minimum absolute atomic E-state index is 0.119. The average Bonchev–Trinajstić information content (AvgIpc) is 2.76. The Bertz CT molecular complexity index is 1010. The van der Waals surface area contributed by atoms with E-state index < -0.39 is 0 Å². The predicted octanol–water partition coefficient (Wildman–Crippen LogP) is 4.56. The third-order valence-corrected chi connectivity index (χ3v) is 4.98. The second-order valence-electron chi connectivity index (χ2n) is 6.93. The maximum atomic E-state index is 12.6. The highest BCUT2D eigenvalue weighted by Crippen LogP contribution is 2.16. The Morgan fingerprint density at radius 2 is 1.67 bits per heavy atom. The van der Waals surface area contributed by atoms with Crippen molar-refractivity contribution in [2.75, 3.05) is 11.9 Å². The molecule has 3 aromatic carbocycles. The fourth-order valence-electron chi connectivity index (χ4n) is 3.00. The van der Waals surface area contributed by atoms with Gasteiger partial charge in [-0.2, -0.15) is 0 Å². The standard InChI is InChI=1S/C24H24ClN3O2/c1-17(18-8-3-2-4-9-18)27-24(30)19-11-7-12-21(14-19)28-23(29)16-26-15-20-10-5-6-13-22(20)25/h2-14,17,26H,15-16H2,1H3,(H,27,30)(H,28,29). The minimum Gasteiger partial charge on any atom is -0.346 e. The van der Waals surface area contributed by atoms with Crippen LogP contribution in [0.1, 0.15) is 34.5 Å². The molecule has 0 fully saturated rings. The summed E-state index contributed by atoms with van der Waals surface area (Å²) in [5, 5.41) is 9.51. The van der Waals surface area contributed by atoms with E-state index in [1.54, 1.807) is 24.3 Å².